The Labute approximate surface area is 148 Å². The third-order valence-electron chi connectivity index (χ3n) is 3.31. The number of hydrogen-bond acceptors (Lipinski definition) is 4. The maximum atomic E-state index is 13.0. The third-order valence-corrected chi connectivity index (χ3v) is 5.86. The van der Waals surface area contributed by atoms with Crippen LogP contribution in [0.4, 0.5) is 13.2 Å². The molecule has 0 bridgehead atoms. The molecule has 0 aliphatic carbocycles. The molecular formula is C16H18F3NO3S2. The predicted octanol–water partition coefficient (Wildman–Crippen LogP) is 4.21. The molecule has 0 saturated carbocycles. The van der Waals surface area contributed by atoms with E-state index in [1.165, 1.54) is 23.5 Å². The summed E-state index contributed by atoms with van der Waals surface area (Å²) in [6, 6.07) is 6.04. The Kier molecular flexibility index (Phi) is 6.12. The van der Waals surface area contributed by atoms with Crippen molar-refractivity contribution in [2.75, 3.05) is 13.2 Å². The normalized spacial score (nSPS) is 12.6. The monoisotopic (exact) mass is 393 g/mol. The van der Waals surface area contributed by atoms with E-state index >= 15 is 0 Å². The summed E-state index contributed by atoms with van der Waals surface area (Å²) in [4.78, 5) is -0.256. The van der Waals surface area contributed by atoms with Crippen molar-refractivity contribution in [2.24, 2.45) is 0 Å². The Bertz CT molecular complexity index is 803. The van der Waals surface area contributed by atoms with Crippen molar-refractivity contribution in [3.63, 3.8) is 0 Å². The predicted molar refractivity (Wildman–Crippen MR) is 90.3 cm³/mol. The fourth-order valence-electron chi connectivity index (χ4n) is 2.24. The summed E-state index contributed by atoms with van der Waals surface area (Å²) in [7, 11) is -4.39. The lowest BCUT2D eigenvalue weighted by Crippen LogP contribution is -2.38. The lowest BCUT2D eigenvalue weighted by molar-refractivity contribution is -0.136. The van der Waals surface area contributed by atoms with E-state index in [0.717, 1.165) is 0 Å². The molecule has 0 aliphatic heterocycles. The van der Waals surface area contributed by atoms with Crippen molar-refractivity contribution in [1.29, 1.82) is 0 Å². The number of hydrogen-bond donors (Lipinski definition) is 0. The van der Waals surface area contributed by atoms with E-state index in [4.69, 9.17) is 4.74 Å². The molecule has 0 spiro atoms. The molecule has 0 atom stereocenters. The lowest BCUT2D eigenvalue weighted by Gasteiger charge is -2.24. The topological polar surface area (TPSA) is 46.6 Å². The van der Waals surface area contributed by atoms with Crippen molar-refractivity contribution in [3.05, 3.63) is 46.2 Å². The van der Waals surface area contributed by atoms with Gasteiger partial charge in [-0.25, -0.2) is 8.42 Å². The SMILES string of the molecule is CCOc1ccc(C)cc1S(=O)(=O)N(Cc1ccsc1)CC(F)(F)F. The second-order valence-electron chi connectivity index (χ2n) is 5.40. The van der Waals surface area contributed by atoms with Crippen molar-refractivity contribution < 1.29 is 26.3 Å². The lowest BCUT2D eigenvalue weighted by atomic mass is 10.2. The van der Waals surface area contributed by atoms with Crippen LogP contribution in [-0.4, -0.2) is 32.1 Å². The summed E-state index contributed by atoms with van der Waals surface area (Å²) in [5, 5.41) is 3.31. The average molecular weight is 393 g/mol. The van der Waals surface area contributed by atoms with Gasteiger partial charge in [0.15, 0.2) is 0 Å². The number of nitrogens with zero attached hydrogens (tertiary/aromatic N) is 1. The molecular weight excluding hydrogens is 375 g/mol. The molecule has 1 aromatic heterocycles. The number of alkyl halides is 3. The third kappa shape index (κ3) is 5.20. The first-order chi connectivity index (χ1) is 11.6. The minimum Gasteiger partial charge on any atom is -0.492 e. The van der Waals surface area contributed by atoms with Crippen LogP contribution in [-0.2, 0) is 16.6 Å². The smallest absolute Gasteiger partial charge is 0.402 e. The first-order valence-corrected chi connectivity index (χ1v) is 9.83. The number of sulfonamides is 1. The quantitative estimate of drug-likeness (QED) is 0.708. The zero-order valence-electron chi connectivity index (χ0n) is 13.7. The average Bonchev–Trinajstić information content (AvgIpc) is 3.00. The number of benzene rings is 1. The van der Waals surface area contributed by atoms with Crippen LogP contribution in [0.5, 0.6) is 5.75 Å². The first kappa shape index (κ1) is 19.7. The number of ether oxygens (including phenoxy) is 1. The van der Waals surface area contributed by atoms with Gasteiger partial charge in [-0.3, -0.25) is 0 Å². The number of halogens is 3. The molecule has 2 rings (SSSR count). The van der Waals surface area contributed by atoms with Gasteiger partial charge < -0.3 is 4.74 Å². The van der Waals surface area contributed by atoms with Crippen molar-refractivity contribution in [1.82, 2.24) is 4.31 Å². The highest BCUT2D eigenvalue weighted by Gasteiger charge is 2.38. The molecule has 0 unspecified atom stereocenters. The molecule has 0 amide bonds. The fraction of sp³-hybridized carbons (Fsp3) is 0.375. The fourth-order valence-corrected chi connectivity index (χ4v) is 4.53. The molecule has 25 heavy (non-hydrogen) atoms. The summed E-state index contributed by atoms with van der Waals surface area (Å²) in [5.41, 5.74) is 1.12. The van der Waals surface area contributed by atoms with E-state index in [1.807, 2.05) is 0 Å². The maximum absolute atomic E-state index is 13.0. The van der Waals surface area contributed by atoms with E-state index in [9.17, 15) is 21.6 Å². The highest BCUT2D eigenvalue weighted by atomic mass is 32.2. The zero-order chi connectivity index (χ0) is 18.7. The maximum Gasteiger partial charge on any atom is 0.402 e. The Balaban J connectivity index is 2.48. The van der Waals surface area contributed by atoms with Gasteiger partial charge in [0.05, 0.1) is 6.61 Å². The molecule has 0 radical (unpaired) electrons. The molecule has 0 fully saturated rings. The van der Waals surface area contributed by atoms with Crippen LogP contribution >= 0.6 is 11.3 Å². The summed E-state index contributed by atoms with van der Waals surface area (Å²) < 4.78 is 70.5. The molecule has 0 aliphatic rings. The van der Waals surface area contributed by atoms with Gasteiger partial charge in [-0.05, 0) is 53.9 Å². The Morgan fingerprint density at radius 1 is 1.24 bits per heavy atom. The number of aryl methyl sites for hydroxylation is 1. The van der Waals surface area contributed by atoms with Crippen LogP contribution in [0.15, 0.2) is 39.9 Å². The van der Waals surface area contributed by atoms with Gasteiger partial charge in [-0.1, -0.05) is 6.07 Å². The van der Waals surface area contributed by atoms with Crippen LogP contribution in [0, 0.1) is 6.92 Å². The summed E-state index contributed by atoms with van der Waals surface area (Å²) in [6.07, 6.45) is -4.65. The minimum absolute atomic E-state index is 0.0468. The van der Waals surface area contributed by atoms with Gasteiger partial charge >= 0.3 is 6.18 Å². The van der Waals surface area contributed by atoms with E-state index in [2.05, 4.69) is 0 Å². The van der Waals surface area contributed by atoms with Crippen LogP contribution in [0.2, 0.25) is 0 Å². The van der Waals surface area contributed by atoms with Gasteiger partial charge in [-0.2, -0.15) is 28.8 Å². The molecule has 4 nitrogen and oxygen atoms in total. The minimum atomic E-state index is -4.65. The van der Waals surface area contributed by atoms with Gasteiger partial charge in [0, 0.05) is 6.54 Å². The van der Waals surface area contributed by atoms with Gasteiger partial charge in [0.25, 0.3) is 0 Å². The Morgan fingerprint density at radius 3 is 2.52 bits per heavy atom. The summed E-state index contributed by atoms with van der Waals surface area (Å²) in [5.74, 6) is 0.0468. The van der Waals surface area contributed by atoms with Gasteiger partial charge in [0.2, 0.25) is 10.0 Å². The summed E-state index contributed by atoms with van der Waals surface area (Å²) in [6.45, 7) is 1.63. The zero-order valence-corrected chi connectivity index (χ0v) is 15.3. The van der Waals surface area contributed by atoms with E-state index < -0.39 is 22.7 Å². The van der Waals surface area contributed by atoms with Gasteiger partial charge in [0.1, 0.15) is 17.2 Å². The largest absolute Gasteiger partial charge is 0.492 e. The highest BCUT2D eigenvalue weighted by molar-refractivity contribution is 7.89. The van der Waals surface area contributed by atoms with Crippen molar-refractivity contribution >= 4 is 21.4 Å². The summed E-state index contributed by atoms with van der Waals surface area (Å²) >= 11 is 1.29. The molecule has 2 aromatic rings. The highest BCUT2D eigenvalue weighted by Crippen LogP contribution is 2.31. The molecule has 1 aromatic carbocycles. The van der Waals surface area contributed by atoms with Crippen molar-refractivity contribution in [2.45, 2.75) is 31.5 Å². The van der Waals surface area contributed by atoms with Gasteiger partial charge in [-0.15, -0.1) is 0 Å². The molecule has 0 N–H and O–H groups in total. The number of rotatable bonds is 7. The van der Waals surface area contributed by atoms with E-state index in [0.29, 0.717) is 15.4 Å². The van der Waals surface area contributed by atoms with Crippen LogP contribution in [0.25, 0.3) is 0 Å². The van der Waals surface area contributed by atoms with Crippen molar-refractivity contribution in [3.8, 4) is 5.75 Å². The standard InChI is InChI=1S/C16H18F3NO3S2/c1-3-23-14-5-4-12(2)8-15(14)25(21,22)20(11-16(17,18)19)9-13-6-7-24-10-13/h4-8,10H,3,9,11H2,1-2H3. The van der Waals surface area contributed by atoms with E-state index in [-0.39, 0.29) is 23.8 Å². The number of thiophene rings is 1. The first-order valence-electron chi connectivity index (χ1n) is 7.45. The van der Waals surface area contributed by atoms with Crippen LogP contribution in [0.3, 0.4) is 0 Å². The second-order valence-corrected chi connectivity index (χ2v) is 8.09. The molecule has 0 saturated heterocycles. The molecule has 9 heteroatoms. The second kappa shape index (κ2) is 7.76. The van der Waals surface area contributed by atoms with Crippen LogP contribution < -0.4 is 4.74 Å². The van der Waals surface area contributed by atoms with E-state index in [1.54, 1.807) is 36.7 Å². The molecule has 138 valence electrons. The Hall–Kier alpha value is -1.58. The van der Waals surface area contributed by atoms with Crippen LogP contribution in [0.1, 0.15) is 18.1 Å². The molecule has 1 heterocycles. The Morgan fingerprint density at radius 2 is 1.96 bits per heavy atom.